The van der Waals surface area contributed by atoms with Gasteiger partial charge in [-0.2, -0.15) is 13.2 Å². The van der Waals surface area contributed by atoms with Crippen molar-refractivity contribution in [3.8, 4) is 0 Å². The lowest BCUT2D eigenvalue weighted by molar-refractivity contribution is -0.183. The molecule has 0 saturated carbocycles. The minimum Gasteiger partial charge on any atom is -0.349 e. The summed E-state index contributed by atoms with van der Waals surface area (Å²) in [5.41, 5.74) is 0.0862. The van der Waals surface area contributed by atoms with Gasteiger partial charge in [-0.25, -0.2) is 9.97 Å². The van der Waals surface area contributed by atoms with Gasteiger partial charge in [0.05, 0.1) is 0 Å². The number of carbonyl (C=O) groups excluding carboxylic acids is 1. The van der Waals surface area contributed by atoms with E-state index in [1.165, 1.54) is 17.2 Å². The predicted molar refractivity (Wildman–Crippen MR) is 105 cm³/mol. The second kappa shape index (κ2) is 11.0. The second-order valence-electron chi connectivity index (χ2n) is 6.49. The van der Waals surface area contributed by atoms with Crippen LogP contribution >= 0.6 is 24.8 Å². The Labute approximate surface area is 174 Å². The molecule has 0 bridgehead atoms. The average molecular weight is 445 g/mol. The van der Waals surface area contributed by atoms with Gasteiger partial charge in [-0.15, -0.1) is 24.8 Å². The lowest BCUT2D eigenvalue weighted by Crippen LogP contribution is -2.57. The maximum absolute atomic E-state index is 13.4. The SMILES string of the molecule is Cl.Cl.O=C(NCC(N1CCNCC1)C(F)(F)F)c1ccnc(N2CCCC2)n1. The van der Waals surface area contributed by atoms with Crippen LogP contribution in [0.2, 0.25) is 0 Å². The lowest BCUT2D eigenvalue weighted by atomic mass is 10.2. The molecule has 2 saturated heterocycles. The molecule has 2 aliphatic rings. The van der Waals surface area contributed by atoms with Crippen LogP contribution in [0.4, 0.5) is 19.1 Å². The monoisotopic (exact) mass is 444 g/mol. The molecule has 2 N–H and O–H groups in total. The Morgan fingerprint density at radius 1 is 1.18 bits per heavy atom. The molecule has 0 radical (unpaired) electrons. The predicted octanol–water partition coefficient (Wildman–Crippen LogP) is 1.49. The van der Waals surface area contributed by atoms with Gasteiger partial charge in [0.1, 0.15) is 11.7 Å². The number of nitrogens with one attached hydrogen (secondary N) is 2. The minimum absolute atomic E-state index is 0. The first-order chi connectivity index (χ1) is 12.4. The summed E-state index contributed by atoms with van der Waals surface area (Å²) in [6, 6.07) is -0.282. The number of aromatic nitrogens is 2. The molecule has 2 aliphatic heterocycles. The van der Waals surface area contributed by atoms with Crippen molar-refractivity contribution < 1.29 is 18.0 Å². The highest BCUT2D eigenvalue weighted by Gasteiger charge is 2.43. The van der Waals surface area contributed by atoms with Gasteiger partial charge in [-0.3, -0.25) is 9.69 Å². The highest BCUT2D eigenvalue weighted by Crippen LogP contribution is 2.25. The molecule has 0 aliphatic carbocycles. The van der Waals surface area contributed by atoms with E-state index in [2.05, 4.69) is 20.6 Å². The molecule has 1 unspecified atom stereocenters. The molecule has 1 aromatic heterocycles. The Morgan fingerprint density at radius 3 is 2.43 bits per heavy atom. The van der Waals surface area contributed by atoms with E-state index in [0.29, 0.717) is 32.1 Å². The van der Waals surface area contributed by atoms with Crippen molar-refractivity contribution in [2.24, 2.45) is 0 Å². The summed E-state index contributed by atoms with van der Waals surface area (Å²) in [6.45, 7) is 2.76. The third-order valence-corrected chi connectivity index (χ3v) is 4.69. The van der Waals surface area contributed by atoms with Crippen LogP contribution in [-0.4, -0.2) is 78.8 Å². The zero-order valence-corrected chi connectivity index (χ0v) is 16.9. The van der Waals surface area contributed by atoms with E-state index in [1.54, 1.807) is 0 Å². The number of halogens is 5. The summed E-state index contributed by atoms with van der Waals surface area (Å²) in [4.78, 5) is 24.0. The number of hydrogen-bond acceptors (Lipinski definition) is 6. The quantitative estimate of drug-likeness (QED) is 0.716. The van der Waals surface area contributed by atoms with E-state index >= 15 is 0 Å². The van der Waals surface area contributed by atoms with Crippen LogP contribution in [0, 0.1) is 0 Å². The van der Waals surface area contributed by atoms with Crippen molar-refractivity contribution in [3.05, 3.63) is 18.0 Å². The first kappa shape index (κ1) is 24.7. The molecule has 3 heterocycles. The largest absolute Gasteiger partial charge is 0.405 e. The molecular weight excluding hydrogens is 420 g/mol. The summed E-state index contributed by atoms with van der Waals surface area (Å²) < 4.78 is 40.1. The molecule has 3 rings (SSSR count). The third kappa shape index (κ3) is 6.33. The number of anilines is 1. The van der Waals surface area contributed by atoms with E-state index < -0.39 is 24.7 Å². The van der Waals surface area contributed by atoms with E-state index in [0.717, 1.165) is 25.9 Å². The molecule has 2 fully saturated rings. The van der Waals surface area contributed by atoms with Crippen LogP contribution in [0.1, 0.15) is 23.3 Å². The van der Waals surface area contributed by atoms with Crippen molar-refractivity contribution in [1.82, 2.24) is 25.5 Å². The van der Waals surface area contributed by atoms with Crippen LogP contribution in [-0.2, 0) is 0 Å². The number of rotatable bonds is 5. The fraction of sp³-hybridized carbons (Fsp3) is 0.688. The zero-order chi connectivity index (χ0) is 18.6. The summed E-state index contributed by atoms with van der Waals surface area (Å²) in [6.07, 6.45) is -0.862. The molecule has 12 heteroatoms. The maximum atomic E-state index is 13.4. The highest BCUT2D eigenvalue weighted by atomic mass is 35.5. The van der Waals surface area contributed by atoms with Gasteiger partial charge in [0.2, 0.25) is 5.95 Å². The van der Waals surface area contributed by atoms with Gasteiger partial charge in [0.25, 0.3) is 5.91 Å². The Morgan fingerprint density at radius 2 is 1.82 bits per heavy atom. The first-order valence-electron chi connectivity index (χ1n) is 8.83. The molecule has 1 atom stereocenters. The fourth-order valence-electron chi connectivity index (χ4n) is 3.27. The van der Waals surface area contributed by atoms with Crippen molar-refractivity contribution >= 4 is 36.7 Å². The van der Waals surface area contributed by atoms with Gasteiger partial charge in [0.15, 0.2) is 0 Å². The van der Waals surface area contributed by atoms with Gasteiger partial charge >= 0.3 is 6.18 Å². The summed E-state index contributed by atoms with van der Waals surface area (Å²) in [5.74, 6) is -0.165. The Kier molecular flexibility index (Phi) is 9.68. The van der Waals surface area contributed by atoms with Crippen LogP contribution in [0.25, 0.3) is 0 Å². The van der Waals surface area contributed by atoms with Crippen LogP contribution in [0.5, 0.6) is 0 Å². The summed E-state index contributed by atoms with van der Waals surface area (Å²) in [7, 11) is 0. The summed E-state index contributed by atoms with van der Waals surface area (Å²) in [5, 5.41) is 5.42. The number of amides is 1. The number of hydrogen-bond donors (Lipinski definition) is 2. The van der Waals surface area contributed by atoms with Crippen molar-refractivity contribution in [2.45, 2.75) is 25.1 Å². The molecular formula is C16H25Cl2F3N6O. The Hall–Kier alpha value is -1.36. The number of carbonyl (C=O) groups is 1. The van der Waals surface area contributed by atoms with E-state index in [4.69, 9.17) is 0 Å². The van der Waals surface area contributed by atoms with Crippen LogP contribution in [0.15, 0.2) is 12.3 Å². The van der Waals surface area contributed by atoms with E-state index in [-0.39, 0.29) is 30.5 Å². The number of piperazine rings is 1. The van der Waals surface area contributed by atoms with E-state index in [9.17, 15) is 18.0 Å². The number of nitrogens with zero attached hydrogens (tertiary/aromatic N) is 4. The smallest absolute Gasteiger partial charge is 0.349 e. The molecule has 28 heavy (non-hydrogen) atoms. The number of alkyl halides is 3. The molecule has 0 aromatic carbocycles. The van der Waals surface area contributed by atoms with Gasteiger partial charge in [-0.05, 0) is 18.9 Å². The van der Waals surface area contributed by atoms with Crippen molar-refractivity contribution in [1.29, 1.82) is 0 Å². The van der Waals surface area contributed by atoms with Crippen LogP contribution < -0.4 is 15.5 Å². The highest BCUT2D eigenvalue weighted by molar-refractivity contribution is 5.92. The molecule has 1 amide bonds. The fourth-order valence-corrected chi connectivity index (χ4v) is 3.27. The van der Waals surface area contributed by atoms with Gasteiger partial charge in [-0.1, -0.05) is 0 Å². The topological polar surface area (TPSA) is 73.4 Å². The normalized spacial score (nSPS) is 18.8. The molecule has 160 valence electrons. The molecule has 1 aromatic rings. The Balaban J connectivity index is 0.00000196. The summed E-state index contributed by atoms with van der Waals surface area (Å²) >= 11 is 0. The Bertz CT molecular complexity index is 625. The standard InChI is InChI=1S/C16H23F3N6O.2ClH/c17-16(18,19)13(24-9-5-20-6-10-24)11-22-14(26)12-3-4-21-15(23-12)25-7-1-2-8-25;;/h3-4,13,20H,1-2,5-11H2,(H,22,26);2*1H. The van der Waals surface area contributed by atoms with E-state index in [1.807, 2.05) is 4.90 Å². The minimum atomic E-state index is -4.41. The third-order valence-electron chi connectivity index (χ3n) is 4.69. The van der Waals surface area contributed by atoms with Gasteiger partial charge in [0, 0.05) is 52.0 Å². The average Bonchev–Trinajstić information content (AvgIpc) is 3.16. The van der Waals surface area contributed by atoms with Crippen molar-refractivity contribution in [3.63, 3.8) is 0 Å². The lowest BCUT2D eigenvalue weighted by Gasteiger charge is -2.35. The molecule has 0 spiro atoms. The maximum Gasteiger partial charge on any atom is 0.405 e. The second-order valence-corrected chi connectivity index (χ2v) is 6.49. The molecule has 7 nitrogen and oxygen atoms in total. The zero-order valence-electron chi connectivity index (χ0n) is 15.2. The van der Waals surface area contributed by atoms with Gasteiger partial charge < -0.3 is 15.5 Å². The van der Waals surface area contributed by atoms with Crippen molar-refractivity contribution in [2.75, 3.05) is 50.7 Å². The first-order valence-corrected chi connectivity index (χ1v) is 8.83. The van der Waals surface area contributed by atoms with Crippen LogP contribution in [0.3, 0.4) is 0 Å².